The highest BCUT2D eigenvalue weighted by Gasteiger charge is 2.44. The molecule has 0 atom stereocenters. The Morgan fingerprint density at radius 3 is 2.29 bits per heavy atom. The highest BCUT2D eigenvalue weighted by Crippen LogP contribution is 2.20. The number of hydrogen-bond donors (Lipinski definition) is 1. The van der Waals surface area contributed by atoms with E-state index in [0.29, 0.717) is 0 Å². The van der Waals surface area contributed by atoms with E-state index in [1.165, 1.54) is 37.8 Å². The molecule has 0 fully saturated rings. The molecule has 0 amide bonds. The van der Waals surface area contributed by atoms with E-state index in [0.717, 1.165) is 6.54 Å². The Bertz CT molecular complexity index is 456. The van der Waals surface area contributed by atoms with Gasteiger partial charge in [-0.15, -0.1) is 0 Å². The summed E-state index contributed by atoms with van der Waals surface area (Å²) in [5, 5.41) is 0. The molecular weight excluding hydrogens is 307 g/mol. The van der Waals surface area contributed by atoms with Crippen LogP contribution in [0, 0.1) is 0 Å². The molecule has 0 spiro atoms. The van der Waals surface area contributed by atoms with Crippen LogP contribution in [-0.2, 0) is 10.1 Å². The zero-order valence-corrected chi connectivity index (χ0v) is 13.0. The average Bonchev–Trinajstić information content (AvgIpc) is 2.33. The number of allylic oxidation sites excluding steroid dienone is 2. The summed E-state index contributed by atoms with van der Waals surface area (Å²) >= 11 is 0. The molecule has 124 valence electrons. The van der Waals surface area contributed by atoms with Gasteiger partial charge in [0.25, 0.3) is 0 Å². The molecule has 1 N–H and O–H groups in total. The molecule has 1 heterocycles. The van der Waals surface area contributed by atoms with E-state index >= 15 is 0 Å². The molecular formula is C13H22F3NO3S. The van der Waals surface area contributed by atoms with Crippen LogP contribution < -0.4 is 0 Å². The highest BCUT2D eigenvalue weighted by molar-refractivity contribution is 7.86. The average molecular weight is 329 g/mol. The summed E-state index contributed by atoms with van der Waals surface area (Å²) in [6.07, 6.45) is 12.0. The first-order valence-electron chi connectivity index (χ1n) is 6.69. The second-order valence-electron chi connectivity index (χ2n) is 4.81. The quantitative estimate of drug-likeness (QED) is 0.474. The molecule has 1 rings (SSSR count). The molecule has 0 saturated carbocycles. The van der Waals surface area contributed by atoms with Gasteiger partial charge in [-0.25, -0.2) is 0 Å². The predicted molar refractivity (Wildman–Crippen MR) is 76.2 cm³/mol. The zero-order valence-electron chi connectivity index (χ0n) is 12.2. The van der Waals surface area contributed by atoms with Crippen LogP contribution in [0.15, 0.2) is 23.9 Å². The molecule has 0 unspecified atom stereocenters. The SMILES string of the molecule is CCCCCCN1C=CC=C(C)C1.O=S(=O)(O)C(F)(F)F. The lowest BCUT2D eigenvalue weighted by molar-refractivity contribution is -0.0510. The van der Waals surface area contributed by atoms with E-state index in [9.17, 15) is 13.2 Å². The highest BCUT2D eigenvalue weighted by atomic mass is 32.2. The van der Waals surface area contributed by atoms with Gasteiger partial charge in [0.1, 0.15) is 0 Å². The molecule has 0 radical (unpaired) electrons. The molecule has 1 aliphatic rings. The fourth-order valence-corrected chi connectivity index (χ4v) is 1.65. The van der Waals surface area contributed by atoms with E-state index in [-0.39, 0.29) is 0 Å². The number of halogens is 3. The van der Waals surface area contributed by atoms with Crippen LogP contribution in [0.4, 0.5) is 13.2 Å². The first kappa shape index (κ1) is 20.0. The summed E-state index contributed by atoms with van der Waals surface area (Å²) in [6.45, 7) is 6.81. The summed E-state index contributed by atoms with van der Waals surface area (Å²) in [7, 11) is -5.84. The van der Waals surface area contributed by atoms with E-state index in [4.69, 9.17) is 13.0 Å². The van der Waals surface area contributed by atoms with Crippen molar-refractivity contribution in [3.05, 3.63) is 23.9 Å². The first-order valence-corrected chi connectivity index (χ1v) is 8.13. The smallest absolute Gasteiger partial charge is 0.373 e. The van der Waals surface area contributed by atoms with Crippen LogP contribution in [0.25, 0.3) is 0 Å². The fraction of sp³-hybridized carbons (Fsp3) is 0.692. The third-order valence-corrected chi connectivity index (χ3v) is 3.31. The van der Waals surface area contributed by atoms with Crippen LogP contribution in [0.3, 0.4) is 0 Å². The van der Waals surface area contributed by atoms with Gasteiger partial charge in [-0.2, -0.15) is 21.6 Å². The molecule has 0 aliphatic carbocycles. The monoisotopic (exact) mass is 329 g/mol. The number of rotatable bonds is 5. The third kappa shape index (κ3) is 9.52. The molecule has 0 bridgehead atoms. The lowest BCUT2D eigenvalue weighted by atomic mass is 10.1. The third-order valence-electron chi connectivity index (χ3n) is 2.72. The predicted octanol–water partition coefficient (Wildman–Crippen LogP) is 3.74. The second kappa shape index (κ2) is 9.09. The Labute approximate surface area is 124 Å². The zero-order chi connectivity index (χ0) is 16.5. The Balaban J connectivity index is 0.000000433. The lowest BCUT2D eigenvalue weighted by Gasteiger charge is -2.23. The molecule has 4 nitrogen and oxygen atoms in total. The van der Waals surface area contributed by atoms with Crippen LogP contribution in [0.2, 0.25) is 0 Å². The molecule has 8 heteroatoms. The van der Waals surface area contributed by atoms with E-state index in [1.54, 1.807) is 0 Å². The summed E-state index contributed by atoms with van der Waals surface area (Å²) in [5.41, 5.74) is -4.06. The maximum absolute atomic E-state index is 10.7. The van der Waals surface area contributed by atoms with Crippen molar-refractivity contribution in [2.24, 2.45) is 0 Å². The Hall–Kier alpha value is -1.02. The lowest BCUT2D eigenvalue weighted by Crippen LogP contribution is -2.22. The number of alkyl halides is 3. The maximum Gasteiger partial charge on any atom is 0.522 e. The van der Waals surface area contributed by atoms with Crippen molar-refractivity contribution in [3.63, 3.8) is 0 Å². The normalized spacial score (nSPS) is 15.3. The van der Waals surface area contributed by atoms with Crippen molar-refractivity contribution in [3.8, 4) is 0 Å². The fourth-order valence-electron chi connectivity index (χ4n) is 1.65. The Morgan fingerprint density at radius 1 is 1.29 bits per heavy atom. The molecule has 0 aromatic heterocycles. The summed E-state index contributed by atoms with van der Waals surface area (Å²) in [5.74, 6) is 0. The van der Waals surface area contributed by atoms with Gasteiger partial charge in [0.15, 0.2) is 0 Å². The second-order valence-corrected chi connectivity index (χ2v) is 6.22. The van der Waals surface area contributed by atoms with Crippen LogP contribution in [0.5, 0.6) is 0 Å². The largest absolute Gasteiger partial charge is 0.522 e. The van der Waals surface area contributed by atoms with Crippen LogP contribution in [-0.4, -0.2) is 36.5 Å². The Morgan fingerprint density at radius 2 is 1.86 bits per heavy atom. The molecule has 0 aromatic rings. The van der Waals surface area contributed by atoms with Gasteiger partial charge in [0.05, 0.1) is 0 Å². The summed E-state index contributed by atoms with van der Waals surface area (Å²) in [4.78, 5) is 2.41. The van der Waals surface area contributed by atoms with E-state index in [2.05, 4.69) is 37.1 Å². The van der Waals surface area contributed by atoms with Crippen LogP contribution >= 0.6 is 0 Å². The van der Waals surface area contributed by atoms with Crippen molar-refractivity contribution in [1.29, 1.82) is 0 Å². The minimum atomic E-state index is -5.84. The van der Waals surface area contributed by atoms with Gasteiger partial charge in [-0.3, -0.25) is 4.55 Å². The molecule has 21 heavy (non-hydrogen) atoms. The van der Waals surface area contributed by atoms with Crippen molar-refractivity contribution >= 4 is 10.1 Å². The van der Waals surface area contributed by atoms with E-state index < -0.39 is 15.6 Å². The topological polar surface area (TPSA) is 57.6 Å². The van der Waals surface area contributed by atoms with Gasteiger partial charge in [0, 0.05) is 13.1 Å². The minimum Gasteiger partial charge on any atom is -0.373 e. The van der Waals surface area contributed by atoms with E-state index in [1.807, 2.05) is 0 Å². The number of nitrogens with zero attached hydrogens (tertiary/aromatic N) is 1. The molecule has 0 aromatic carbocycles. The number of unbranched alkanes of at least 4 members (excludes halogenated alkanes) is 3. The van der Waals surface area contributed by atoms with Crippen molar-refractivity contribution in [2.75, 3.05) is 13.1 Å². The first-order chi connectivity index (χ1) is 9.58. The standard InChI is InChI=1S/C12H21N.CHF3O3S/c1-3-4-5-6-9-13-10-7-8-12(2)11-13;2-1(3,4)8(5,6)7/h7-8,10H,3-6,9,11H2,1-2H3;(H,5,6,7). The Kier molecular flexibility index (Phi) is 8.65. The summed E-state index contributed by atoms with van der Waals surface area (Å²) < 4.78 is 57.5. The van der Waals surface area contributed by atoms with Gasteiger partial charge in [-0.1, -0.05) is 37.8 Å². The van der Waals surface area contributed by atoms with Crippen LogP contribution in [0.1, 0.15) is 39.5 Å². The number of hydrogen-bond acceptors (Lipinski definition) is 3. The van der Waals surface area contributed by atoms with Gasteiger partial charge >= 0.3 is 15.6 Å². The van der Waals surface area contributed by atoms with Gasteiger partial charge in [-0.05, 0) is 25.6 Å². The van der Waals surface area contributed by atoms with Crippen molar-refractivity contribution < 1.29 is 26.1 Å². The molecule has 0 saturated heterocycles. The summed E-state index contributed by atoms with van der Waals surface area (Å²) in [6, 6.07) is 0. The molecule has 1 aliphatic heterocycles. The van der Waals surface area contributed by atoms with Gasteiger partial charge in [0.2, 0.25) is 0 Å². The van der Waals surface area contributed by atoms with Crippen molar-refractivity contribution in [1.82, 2.24) is 4.90 Å². The minimum absolute atomic E-state index is 1.13. The van der Waals surface area contributed by atoms with Crippen molar-refractivity contribution in [2.45, 2.75) is 45.0 Å². The maximum atomic E-state index is 10.7. The van der Waals surface area contributed by atoms with Gasteiger partial charge < -0.3 is 4.90 Å².